The quantitative estimate of drug-likeness (QED) is 0.444. The molecular weight excluding hydrogens is 176 g/mol. The third-order valence-electron chi connectivity index (χ3n) is 2.32. The van der Waals surface area contributed by atoms with Gasteiger partial charge in [0.15, 0.2) is 0 Å². The first-order valence-electron chi connectivity index (χ1n) is 5.76. The topological polar surface area (TPSA) is 40.5 Å². The molecule has 0 amide bonds. The molecule has 0 heterocycles. The van der Waals surface area contributed by atoms with Crippen molar-refractivity contribution >= 4 is 0 Å². The number of hydrogen-bond donors (Lipinski definition) is 2. The first kappa shape index (κ1) is 13.7. The van der Waals surface area contributed by atoms with Crippen molar-refractivity contribution in [3.05, 3.63) is 12.2 Å². The van der Waals surface area contributed by atoms with E-state index >= 15 is 0 Å². The van der Waals surface area contributed by atoms with Gasteiger partial charge >= 0.3 is 0 Å². The molecule has 2 nitrogen and oxygen atoms in total. The van der Waals surface area contributed by atoms with E-state index in [-0.39, 0.29) is 12.7 Å². The molecule has 0 spiro atoms. The van der Waals surface area contributed by atoms with Crippen LogP contribution in [0.25, 0.3) is 0 Å². The maximum Gasteiger partial charge on any atom is 0.0721 e. The lowest BCUT2D eigenvalue weighted by Crippen LogP contribution is -2.01. The molecule has 14 heavy (non-hydrogen) atoms. The molecule has 0 aliphatic carbocycles. The summed E-state index contributed by atoms with van der Waals surface area (Å²) in [5, 5.41) is 17.9. The fraction of sp³-hybridized carbons (Fsp3) is 0.833. The summed E-state index contributed by atoms with van der Waals surface area (Å²) in [6.45, 7) is 2.23. The maximum absolute atomic E-state index is 9.39. The van der Waals surface area contributed by atoms with E-state index in [1.54, 1.807) is 12.2 Å². The van der Waals surface area contributed by atoms with Crippen molar-refractivity contribution in [1.82, 2.24) is 0 Å². The third kappa shape index (κ3) is 9.75. The van der Waals surface area contributed by atoms with Crippen LogP contribution in [0.1, 0.15) is 51.9 Å². The Hall–Kier alpha value is -0.340. The van der Waals surface area contributed by atoms with Crippen LogP contribution in [0.3, 0.4) is 0 Å². The first-order chi connectivity index (χ1) is 6.81. The summed E-state index contributed by atoms with van der Waals surface area (Å²) in [5.74, 6) is 0. The third-order valence-corrected chi connectivity index (χ3v) is 2.32. The van der Waals surface area contributed by atoms with Crippen LogP contribution in [0.4, 0.5) is 0 Å². The van der Waals surface area contributed by atoms with Gasteiger partial charge in [-0.05, 0) is 6.42 Å². The lowest BCUT2D eigenvalue weighted by Gasteiger charge is -2.04. The van der Waals surface area contributed by atoms with E-state index in [1.165, 1.54) is 32.1 Å². The molecule has 0 bridgehead atoms. The molecule has 0 aromatic rings. The zero-order valence-corrected chi connectivity index (χ0v) is 9.28. The molecule has 0 fully saturated rings. The fourth-order valence-electron chi connectivity index (χ4n) is 1.45. The molecule has 0 saturated heterocycles. The highest BCUT2D eigenvalue weighted by Crippen LogP contribution is 2.08. The average molecular weight is 200 g/mol. The molecule has 1 atom stereocenters. The Morgan fingerprint density at radius 2 is 1.71 bits per heavy atom. The molecule has 0 aromatic carbocycles. The Bertz CT molecular complexity index is 132. The molecule has 2 N–H and O–H groups in total. The van der Waals surface area contributed by atoms with E-state index in [9.17, 15) is 5.11 Å². The smallest absolute Gasteiger partial charge is 0.0721 e. The minimum absolute atomic E-state index is 0.0214. The number of aliphatic hydroxyl groups excluding tert-OH is 2. The highest BCUT2D eigenvalue weighted by Gasteiger charge is 1.97. The van der Waals surface area contributed by atoms with Crippen molar-refractivity contribution in [2.24, 2.45) is 0 Å². The zero-order valence-electron chi connectivity index (χ0n) is 9.28. The second-order valence-corrected chi connectivity index (χ2v) is 3.73. The maximum atomic E-state index is 9.39. The molecule has 0 radical (unpaired) electrons. The Kier molecular flexibility index (Phi) is 10.5. The van der Waals surface area contributed by atoms with Gasteiger partial charge in [0.25, 0.3) is 0 Å². The van der Waals surface area contributed by atoms with E-state index in [1.807, 2.05) is 0 Å². The van der Waals surface area contributed by atoms with Gasteiger partial charge in [0.05, 0.1) is 12.7 Å². The minimum Gasteiger partial charge on any atom is -0.392 e. The van der Waals surface area contributed by atoms with E-state index < -0.39 is 0 Å². The predicted molar refractivity (Wildman–Crippen MR) is 60.2 cm³/mol. The van der Waals surface area contributed by atoms with Crippen molar-refractivity contribution < 1.29 is 10.2 Å². The van der Waals surface area contributed by atoms with E-state index in [0.717, 1.165) is 12.8 Å². The molecule has 0 rings (SSSR count). The van der Waals surface area contributed by atoms with Crippen LogP contribution >= 0.6 is 0 Å². The Balaban J connectivity index is 3.14. The normalized spacial score (nSPS) is 13.6. The second-order valence-electron chi connectivity index (χ2n) is 3.73. The average Bonchev–Trinajstić information content (AvgIpc) is 2.20. The second kappa shape index (κ2) is 10.7. The van der Waals surface area contributed by atoms with Crippen LogP contribution in [0, 0.1) is 0 Å². The van der Waals surface area contributed by atoms with Crippen LogP contribution in [-0.2, 0) is 0 Å². The van der Waals surface area contributed by atoms with E-state index in [4.69, 9.17) is 5.11 Å². The van der Waals surface area contributed by atoms with Gasteiger partial charge in [-0.3, -0.25) is 0 Å². The molecule has 0 aliphatic rings. The fourth-order valence-corrected chi connectivity index (χ4v) is 1.45. The summed E-state index contributed by atoms with van der Waals surface area (Å²) in [6, 6.07) is 0. The summed E-state index contributed by atoms with van der Waals surface area (Å²) in [6.07, 6.45) is 11.2. The minimum atomic E-state index is -0.367. The van der Waals surface area contributed by atoms with Crippen LogP contribution in [0.15, 0.2) is 12.2 Å². The van der Waals surface area contributed by atoms with Crippen molar-refractivity contribution in [3.8, 4) is 0 Å². The Morgan fingerprint density at radius 3 is 2.36 bits per heavy atom. The van der Waals surface area contributed by atoms with Crippen LogP contribution in [0.2, 0.25) is 0 Å². The van der Waals surface area contributed by atoms with Gasteiger partial charge in [0, 0.05) is 0 Å². The standard InChI is InChI=1S/C12H24O2/c1-2-3-4-5-6-7-9-12(14)10-8-11-13/h8,10,12-14H,2-7,9,11H2,1H3/b10-8+/t12-/m0/s1. The lowest BCUT2D eigenvalue weighted by atomic mass is 10.1. The van der Waals surface area contributed by atoms with E-state index in [2.05, 4.69) is 6.92 Å². The van der Waals surface area contributed by atoms with Gasteiger partial charge < -0.3 is 10.2 Å². The lowest BCUT2D eigenvalue weighted by molar-refractivity contribution is 0.206. The van der Waals surface area contributed by atoms with Crippen LogP contribution < -0.4 is 0 Å². The molecule has 0 aromatic heterocycles. The summed E-state index contributed by atoms with van der Waals surface area (Å²) < 4.78 is 0. The number of hydrogen-bond acceptors (Lipinski definition) is 2. The molecular formula is C12H24O2. The van der Waals surface area contributed by atoms with Crippen molar-refractivity contribution in [2.75, 3.05) is 6.61 Å². The summed E-state index contributed by atoms with van der Waals surface area (Å²) >= 11 is 0. The van der Waals surface area contributed by atoms with E-state index in [0.29, 0.717) is 0 Å². The van der Waals surface area contributed by atoms with Crippen molar-refractivity contribution in [1.29, 1.82) is 0 Å². The molecule has 0 aliphatic heterocycles. The zero-order chi connectivity index (χ0) is 10.6. The van der Waals surface area contributed by atoms with Gasteiger partial charge in [-0.25, -0.2) is 0 Å². The van der Waals surface area contributed by atoms with Gasteiger partial charge in [0.1, 0.15) is 0 Å². The highest BCUT2D eigenvalue weighted by molar-refractivity contribution is 4.87. The number of rotatable bonds is 9. The molecule has 0 unspecified atom stereocenters. The predicted octanol–water partition coefficient (Wildman–Crippen LogP) is 2.65. The monoisotopic (exact) mass is 200 g/mol. The Morgan fingerprint density at radius 1 is 1.07 bits per heavy atom. The SMILES string of the molecule is CCCCCCCC[C@H](O)/C=C/CO. The Labute approximate surface area is 87.7 Å². The van der Waals surface area contributed by atoms with Gasteiger partial charge in [0.2, 0.25) is 0 Å². The number of unbranched alkanes of at least 4 members (excludes halogenated alkanes) is 5. The van der Waals surface area contributed by atoms with Gasteiger partial charge in [-0.15, -0.1) is 0 Å². The molecule has 84 valence electrons. The van der Waals surface area contributed by atoms with Gasteiger partial charge in [-0.1, -0.05) is 57.6 Å². The molecule has 2 heteroatoms. The summed E-state index contributed by atoms with van der Waals surface area (Å²) in [7, 11) is 0. The van der Waals surface area contributed by atoms with Crippen molar-refractivity contribution in [3.63, 3.8) is 0 Å². The van der Waals surface area contributed by atoms with Gasteiger partial charge in [-0.2, -0.15) is 0 Å². The highest BCUT2D eigenvalue weighted by atomic mass is 16.3. The first-order valence-corrected chi connectivity index (χ1v) is 5.76. The van der Waals surface area contributed by atoms with Crippen molar-refractivity contribution in [2.45, 2.75) is 58.0 Å². The molecule has 0 saturated carbocycles. The van der Waals surface area contributed by atoms with Crippen LogP contribution in [0.5, 0.6) is 0 Å². The summed E-state index contributed by atoms with van der Waals surface area (Å²) in [4.78, 5) is 0. The number of aliphatic hydroxyl groups is 2. The largest absolute Gasteiger partial charge is 0.392 e. The summed E-state index contributed by atoms with van der Waals surface area (Å²) in [5.41, 5.74) is 0. The van der Waals surface area contributed by atoms with Crippen LogP contribution in [-0.4, -0.2) is 22.9 Å².